The predicted octanol–water partition coefficient (Wildman–Crippen LogP) is 3.68. The largest absolute Gasteiger partial charge is 0.145 e. The van der Waals surface area contributed by atoms with Crippen LogP contribution in [0.4, 0.5) is 0 Å². The highest BCUT2D eigenvalue weighted by atomic mass is 32.1. The normalized spacial score (nSPS) is 30.1. The SMILES string of the molecule is CCCc1cc2c(s1)C1CC2C1. The molecule has 0 unspecified atom stereocenters. The standard InChI is InChI=1S/C11H14S/c1-2-3-9-6-10-7-4-8(5-7)11(10)12-9/h6-8H,2-5H2,1H3. The molecule has 0 N–H and O–H groups in total. The van der Waals surface area contributed by atoms with Gasteiger partial charge in [0.25, 0.3) is 0 Å². The van der Waals surface area contributed by atoms with Gasteiger partial charge in [-0.05, 0) is 42.7 Å². The molecule has 0 saturated heterocycles. The van der Waals surface area contributed by atoms with Crippen LogP contribution in [0.25, 0.3) is 0 Å². The highest BCUT2D eigenvalue weighted by Gasteiger charge is 2.43. The van der Waals surface area contributed by atoms with Crippen molar-refractivity contribution >= 4 is 11.3 Å². The second kappa shape index (κ2) is 2.35. The molecule has 1 aromatic rings. The maximum atomic E-state index is 2.49. The van der Waals surface area contributed by atoms with Crippen molar-refractivity contribution in [1.29, 1.82) is 0 Å². The summed E-state index contributed by atoms with van der Waals surface area (Å²) in [5, 5.41) is 0. The molecule has 3 aliphatic carbocycles. The first kappa shape index (κ1) is 7.14. The molecule has 2 bridgehead atoms. The van der Waals surface area contributed by atoms with Gasteiger partial charge >= 0.3 is 0 Å². The van der Waals surface area contributed by atoms with E-state index in [1.807, 2.05) is 0 Å². The van der Waals surface area contributed by atoms with Crippen LogP contribution in [0.15, 0.2) is 6.07 Å². The van der Waals surface area contributed by atoms with Gasteiger partial charge in [-0.3, -0.25) is 0 Å². The Kier molecular flexibility index (Phi) is 1.40. The van der Waals surface area contributed by atoms with E-state index in [-0.39, 0.29) is 0 Å². The quantitative estimate of drug-likeness (QED) is 0.648. The van der Waals surface area contributed by atoms with Crippen molar-refractivity contribution in [2.75, 3.05) is 0 Å². The van der Waals surface area contributed by atoms with Crippen molar-refractivity contribution in [1.82, 2.24) is 0 Å². The molecule has 1 heteroatoms. The van der Waals surface area contributed by atoms with Gasteiger partial charge < -0.3 is 0 Å². The van der Waals surface area contributed by atoms with E-state index in [4.69, 9.17) is 0 Å². The van der Waals surface area contributed by atoms with Crippen LogP contribution in [0, 0.1) is 0 Å². The second-order valence-electron chi connectivity index (χ2n) is 4.15. The summed E-state index contributed by atoms with van der Waals surface area (Å²) in [6, 6.07) is 2.49. The molecule has 0 nitrogen and oxygen atoms in total. The fraction of sp³-hybridized carbons (Fsp3) is 0.636. The lowest BCUT2D eigenvalue weighted by Crippen LogP contribution is -2.07. The molecular weight excluding hydrogens is 164 g/mol. The Labute approximate surface area is 77.6 Å². The zero-order valence-electron chi connectivity index (χ0n) is 7.47. The molecule has 12 heavy (non-hydrogen) atoms. The van der Waals surface area contributed by atoms with Crippen molar-refractivity contribution in [3.63, 3.8) is 0 Å². The van der Waals surface area contributed by atoms with Gasteiger partial charge in [-0.1, -0.05) is 13.3 Å². The molecule has 0 aromatic carbocycles. The number of hydrogen-bond acceptors (Lipinski definition) is 1. The van der Waals surface area contributed by atoms with Crippen molar-refractivity contribution in [3.8, 4) is 0 Å². The minimum Gasteiger partial charge on any atom is -0.145 e. The molecule has 0 atom stereocenters. The van der Waals surface area contributed by atoms with Gasteiger partial charge in [-0.2, -0.15) is 0 Å². The van der Waals surface area contributed by atoms with E-state index in [0.717, 1.165) is 11.8 Å². The van der Waals surface area contributed by atoms with Crippen LogP contribution >= 0.6 is 11.3 Å². The van der Waals surface area contributed by atoms with Crippen LogP contribution in [0.2, 0.25) is 0 Å². The van der Waals surface area contributed by atoms with Crippen molar-refractivity contribution in [2.45, 2.75) is 44.4 Å². The molecule has 0 amide bonds. The number of hydrogen-bond donors (Lipinski definition) is 0. The van der Waals surface area contributed by atoms with E-state index in [1.54, 1.807) is 15.3 Å². The van der Waals surface area contributed by atoms with E-state index < -0.39 is 0 Å². The van der Waals surface area contributed by atoms with E-state index in [9.17, 15) is 0 Å². The molecule has 0 radical (unpaired) electrons. The highest BCUT2D eigenvalue weighted by Crippen LogP contribution is 2.60. The zero-order valence-corrected chi connectivity index (χ0v) is 8.29. The monoisotopic (exact) mass is 178 g/mol. The fourth-order valence-corrected chi connectivity index (χ4v) is 4.04. The third kappa shape index (κ3) is 0.779. The third-order valence-electron chi connectivity index (χ3n) is 3.29. The fourth-order valence-electron chi connectivity index (χ4n) is 2.57. The maximum absolute atomic E-state index is 2.49. The summed E-state index contributed by atoms with van der Waals surface area (Å²) < 4.78 is 0. The summed E-state index contributed by atoms with van der Waals surface area (Å²) >= 11 is 2.10. The van der Waals surface area contributed by atoms with Crippen molar-refractivity contribution in [2.24, 2.45) is 0 Å². The lowest BCUT2D eigenvalue weighted by atomic mass is 9.82. The van der Waals surface area contributed by atoms with Crippen LogP contribution in [0.5, 0.6) is 0 Å². The minimum absolute atomic E-state index is 0.979. The van der Waals surface area contributed by atoms with Gasteiger partial charge in [-0.15, -0.1) is 11.3 Å². The smallest absolute Gasteiger partial charge is 0.0114 e. The summed E-state index contributed by atoms with van der Waals surface area (Å²) in [6.45, 7) is 2.27. The first-order chi connectivity index (χ1) is 5.88. The summed E-state index contributed by atoms with van der Waals surface area (Å²) in [5.74, 6) is 1.97. The van der Waals surface area contributed by atoms with Gasteiger partial charge in [0.05, 0.1) is 0 Å². The average Bonchev–Trinajstić information content (AvgIpc) is 2.46. The molecule has 4 rings (SSSR count). The first-order valence-electron chi connectivity index (χ1n) is 5.01. The third-order valence-corrected chi connectivity index (χ3v) is 4.66. The molecule has 1 heterocycles. The van der Waals surface area contributed by atoms with Crippen LogP contribution in [0.3, 0.4) is 0 Å². The maximum Gasteiger partial charge on any atom is 0.0114 e. The highest BCUT2D eigenvalue weighted by molar-refractivity contribution is 7.12. The summed E-state index contributed by atoms with van der Waals surface area (Å²) in [7, 11) is 0. The first-order valence-corrected chi connectivity index (χ1v) is 5.82. The Balaban J connectivity index is 1.96. The van der Waals surface area contributed by atoms with Gasteiger partial charge in [-0.25, -0.2) is 0 Å². The van der Waals surface area contributed by atoms with Gasteiger partial charge in [0.15, 0.2) is 0 Å². The molecule has 0 spiro atoms. The average molecular weight is 178 g/mol. The molecule has 1 fully saturated rings. The molecule has 0 aliphatic heterocycles. The number of aryl methyl sites for hydroxylation is 1. The zero-order chi connectivity index (χ0) is 8.13. The summed E-state index contributed by atoms with van der Waals surface area (Å²) in [6.07, 6.45) is 5.56. The van der Waals surface area contributed by atoms with E-state index in [2.05, 4.69) is 24.3 Å². The molecule has 1 saturated carbocycles. The predicted molar refractivity (Wildman–Crippen MR) is 53.0 cm³/mol. The lowest BCUT2D eigenvalue weighted by Gasteiger charge is -2.23. The summed E-state index contributed by atoms with van der Waals surface area (Å²) in [4.78, 5) is 3.39. The van der Waals surface area contributed by atoms with Crippen molar-refractivity contribution in [3.05, 3.63) is 21.4 Å². The molecular formula is C11H14S. The van der Waals surface area contributed by atoms with E-state index in [1.165, 1.54) is 25.7 Å². The topological polar surface area (TPSA) is 0 Å². The summed E-state index contributed by atoms with van der Waals surface area (Å²) in [5.41, 5.74) is 1.73. The second-order valence-corrected chi connectivity index (χ2v) is 5.32. The van der Waals surface area contributed by atoms with Gasteiger partial charge in [0.1, 0.15) is 0 Å². The van der Waals surface area contributed by atoms with E-state index >= 15 is 0 Å². The minimum atomic E-state index is 0.979. The molecule has 1 aromatic heterocycles. The van der Waals surface area contributed by atoms with Gasteiger partial charge in [0.2, 0.25) is 0 Å². The molecule has 64 valence electrons. The lowest BCUT2D eigenvalue weighted by molar-refractivity contribution is 0.407. The van der Waals surface area contributed by atoms with Crippen LogP contribution < -0.4 is 0 Å². The van der Waals surface area contributed by atoms with Gasteiger partial charge in [0, 0.05) is 9.75 Å². The Hall–Kier alpha value is -0.300. The van der Waals surface area contributed by atoms with E-state index in [0.29, 0.717) is 0 Å². The number of rotatable bonds is 2. The Bertz CT molecular complexity index is 279. The van der Waals surface area contributed by atoms with Crippen LogP contribution in [-0.4, -0.2) is 0 Å². The number of thiophene rings is 1. The Morgan fingerprint density at radius 1 is 1.42 bits per heavy atom. The Morgan fingerprint density at radius 3 is 2.92 bits per heavy atom. The Morgan fingerprint density at radius 2 is 2.25 bits per heavy atom. The van der Waals surface area contributed by atoms with Crippen molar-refractivity contribution < 1.29 is 0 Å². The van der Waals surface area contributed by atoms with Crippen LogP contribution in [0.1, 0.15) is 53.3 Å². The molecule has 3 aliphatic rings. The van der Waals surface area contributed by atoms with Crippen LogP contribution in [-0.2, 0) is 6.42 Å².